The Morgan fingerprint density at radius 3 is 2.78 bits per heavy atom. The zero-order chi connectivity index (χ0) is 7.11. The number of carbonyl (C=O) groups is 1. The molecule has 0 rings (SSSR count). The summed E-state index contributed by atoms with van der Waals surface area (Å²) >= 11 is 0. The Morgan fingerprint density at radius 2 is 2.33 bits per heavy atom. The minimum absolute atomic E-state index is 0.705. The molecule has 0 aromatic heterocycles. The van der Waals surface area contributed by atoms with E-state index in [2.05, 4.69) is 9.99 Å². The molecule has 0 aliphatic rings. The van der Waals surface area contributed by atoms with E-state index in [1.807, 2.05) is 0 Å². The van der Waals surface area contributed by atoms with Crippen molar-refractivity contribution in [3.8, 4) is 0 Å². The van der Waals surface area contributed by atoms with E-state index in [1.165, 1.54) is 19.4 Å². The molecule has 0 atom stereocenters. The van der Waals surface area contributed by atoms with Gasteiger partial charge in [0.15, 0.2) is 0 Å². The Bertz CT molecular complexity index is 138. The zero-order valence-electron chi connectivity index (χ0n) is 5.50. The van der Waals surface area contributed by atoms with Gasteiger partial charge < -0.3 is 4.84 Å². The number of hydrogen-bond acceptors (Lipinski definition) is 3. The quantitative estimate of drug-likeness (QED) is 0.243. The predicted octanol–water partition coefficient (Wildman–Crippen LogP) is 0.764. The topological polar surface area (TPSA) is 38.7 Å². The Morgan fingerprint density at radius 1 is 1.67 bits per heavy atom. The van der Waals surface area contributed by atoms with Crippen LogP contribution in [0.15, 0.2) is 16.8 Å². The highest BCUT2D eigenvalue weighted by Crippen LogP contribution is 1.83. The molecule has 0 saturated heterocycles. The van der Waals surface area contributed by atoms with Crippen LogP contribution in [0, 0.1) is 0 Å². The van der Waals surface area contributed by atoms with Gasteiger partial charge in [-0.3, -0.25) is 4.79 Å². The summed E-state index contributed by atoms with van der Waals surface area (Å²) in [5, 5.41) is 3.44. The Kier molecular flexibility index (Phi) is 4.40. The molecule has 0 N–H and O–H groups in total. The molecule has 0 unspecified atom stereocenters. The molecule has 0 aliphatic carbocycles. The highest BCUT2D eigenvalue weighted by molar-refractivity contribution is 5.83. The molecule has 0 fully saturated rings. The second-order valence-corrected chi connectivity index (χ2v) is 1.46. The first-order valence-electron chi connectivity index (χ1n) is 2.50. The molecule has 50 valence electrons. The van der Waals surface area contributed by atoms with Gasteiger partial charge in [0.25, 0.3) is 0 Å². The third-order valence-electron chi connectivity index (χ3n) is 0.693. The van der Waals surface area contributed by atoms with Crippen LogP contribution in [0.5, 0.6) is 0 Å². The van der Waals surface area contributed by atoms with E-state index in [4.69, 9.17) is 0 Å². The predicted molar refractivity (Wildman–Crippen MR) is 35.3 cm³/mol. The summed E-state index contributed by atoms with van der Waals surface area (Å²) in [6.07, 6.45) is 3.58. The van der Waals surface area contributed by atoms with Crippen molar-refractivity contribution in [1.29, 1.82) is 0 Å². The van der Waals surface area contributed by atoms with Crippen molar-refractivity contribution in [3.63, 3.8) is 0 Å². The number of aldehydes is 1. The van der Waals surface area contributed by atoms with Crippen LogP contribution in [-0.4, -0.2) is 19.6 Å². The highest BCUT2D eigenvalue weighted by Gasteiger charge is 1.77. The Hall–Kier alpha value is -1.12. The van der Waals surface area contributed by atoms with Gasteiger partial charge in [-0.2, -0.15) is 0 Å². The van der Waals surface area contributed by atoms with Crippen molar-refractivity contribution >= 4 is 12.5 Å². The third kappa shape index (κ3) is 4.74. The molecule has 0 radical (unpaired) electrons. The maximum Gasteiger partial charge on any atom is 0.143 e. The molecule has 3 heteroatoms. The Labute approximate surface area is 54.0 Å². The van der Waals surface area contributed by atoms with E-state index in [-0.39, 0.29) is 0 Å². The van der Waals surface area contributed by atoms with Crippen LogP contribution in [0.4, 0.5) is 0 Å². The molecule has 0 aliphatic heterocycles. The molecule has 0 amide bonds. The second kappa shape index (κ2) is 5.03. The van der Waals surface area contributed by atoms with Crippen LogP contribution in [0.3, 0.4) is 0 Å². The summed E-state index contributed by atoms with van der Waals surface area (Å²) in [4.78, 5) is 14.2. The fourth-order valence-electron chi connectivity index (χ4n) is 0.286. The van der Waals surface area contributed by atoms with Crippen LogP contribution in [0.1, 0.15) is 6.92 Å². The van der Waals surface area contributed by atoms with E-state index in [0.717, 1.165) is 5.57 Å². The first-order chi connectivity index (χ1) is 4.31. The van der Waals surface area contributed by atoms with Gasteiger partial charge in [-0.15, -0.1) is 0 Å². The van der Waals surface area contributed by atoms with Crippen LogP contribution in [0.2, 0.25) is 0 Å². The monoisotopic (exact) mass is 127 g/mol. The molecule has 0 aromatic carbocycles. The number of allylic oxidation sites excluding steroid dienone is 2. The van der Waals surface area contributed by atoms with Gasteiger partial charge in [0.2, 0.25) is 0 Å². The maximum absolute atomic E-state index is 9.80. The fraction of sp³-hybridized carbons (Fsp3) is 0.333. The molecule has 0 saturated carbocycles. The van der Waals surface area contributed by atoms with Crippen molar-refractivity contribution in [2.24, 2.45) is 5.16 Å². The number of nitrogens with zero attached hydrogens (tertiary/aromatic N) is 1. The standard InChI is InChI=1S/C6H9NO2/c1-6(3-4-8)5-7-9-2/h3-5H,1-2H3/b6-3+,7-5+. The average molecular weight is 127 g/mol. The number of carbonyl (C=O) groups excluding carboxylic acids is 1. The van der Waals surface area contributed by atoms with Gasteiger partial charge in [0, 0.05) is 0 Å². The molecule has 0 bridgehead atoms. The number of oxime groups is 1. The lowest BCUT2D eigenvalue weighted by atomic mass is 10.3. The zero-order valence-corrected chi connectivity index (χ0v) is 5.50. The molecule has 9 heavy (non-hydrogen) atoms. The molecular formula is C6H9NO2. The smallest absolute Gasteiger partial charge is 0.143 e. The van der Waals surface area contributed by atoms with Crippen molar-refractivity contribution in [2.75, 3.05) is 7.11 Å². The summed E-state index contributed by atoms with van der Waals surface area (Å²) in [7, 11) is 1.45. The lowest BCUT2D eigenvalue weighted by Gasteiger charge is -1.84. The van der Waals surface area contributed by atoms with E-state index in [1.54, 1.807) is 6.92 Å². The maximum atomic E-state index is 9.80. The SMILES string of the molecule is CO/N=C/C(C)=C/C=O. The lowest BCUT2D eigenvalue weighted by Crippen LogP contribution is -1.78. The van der Waals surface area contributed by atoms with Crippen LogP contribution >= 0.6 is 0 Å². The minimum Gasteiger partial charge on any atom is -0.399 e. The van der Waals surface area contributed by atoms with Gasteiger partial charge in [0.05, 0.1) is 6.21 Å². The van der Waals surface area contributed by atoms with Gasteiger partial charge in [0.1, 0.15) is 13.4 Å². The van der Waals surface area contributed by atoms with E-state index >= 15 is 0 Å². The Balaban J connectivity index is 3.74. The summed E-state index contributed by atoms with van der Waals surface area (Å²) < 4.78 is 0. The van der Waals surface area contributed by atoms with Crippen LogP contribution < -0.4 is 0 Å². The first-order valence-corrected chi connectivity index (χ1v) is 2.50. The van der Waals surface area contributed by atoms with Gasteiger partial charge in [-0.25, -0.2) is 0 Å². The first kappa shape index (κ1) is 7.88. The van der Waals surface area contributed by atoms with E-state index in [9.17, 15) is 4.79 Å². The van der Waals surface area contributed by atoms with Gasteiger partial charge in [-0.05, 0) is 18.6 Å². The van der Waals surface area contributed by atoms with Crippen molar-refractivity contribution < 1.29 is 9.63 Å². The molecule has 0 heterocycles. The van der Waals surface area contributed by atoms with Crippen LogP contribution in [0.25, 0.3) is 0 Å². The summed E-state index contributed by atoms with van der Waals surface area (Å²) in [5.74, 6) is 0. The molecular weight excluding hydrogens is 118 g/mol. The lowest BCUT2D eigenvalue weighted by molar-refractivity contribution is -0.104. The van der Waals surface area contributed by atoms with Crippen LogP contribution in [-0.2, 0) is 9.63 Å². The second-order valence-electron chi connectivity index (χ2n) is 1.46. The minimum atomic E-state index is 0.705. The summed E-state index contributed by atoms with van der Waals surface area (Å²) in [6.45, 7) is 1.76. The summed E-state index contributed by atoms with van der Waals surface area (Å²) in [5.41, 5.74) is 0.770. The summed E-state index contributed by atoms with van der Waals surface area (Å²) in [6, 6.07) is 0. The normalized spacial score (nSPS) is 12.0. The van der Waals surface area contributed by atoms with Gasteiger partial charge >= 0.3 is 0 Å². The number of hydrogen-bond donors (Lipinski definition) is 0. The molecule has 0 spiro atoms. The van der Waals surface area contributed by atoms with E-state index in [0.29, 0.717) is 6.29 Å². The van der Waals surface area contributed by atoms with Crippen molar-refractivity contribution in [2.45, 2.75) is 6.92 Å². The van der Waals surface area contributed by atoms with E-state index < -0.39 is 0 Å². The highest BCUT2D eigenvalue weighted by atomic mass is 16.6. The fourth-order valence-corrected chi connectivity index (χ4v) is 0.286. The van der Waals surface area contributed by atoms with Crippen molar-refractivity contribution in [3.05, 3.63) is 11.6 Å². The van der Waals surface area contributed by atoms with Crippen molar-refractivity contribution in [1.82, 2.24) is 0 Å². The molecule has 0 aromatic rings. The third-order valence-corrected chi connectivity index (χ3v) is 0.693. The largest absolute Gasteiger partial charge is 0.399 e. The number of rotatable bonds is 3. The average Bonchev–Trinajstić information content (AvgIpc) is 1.85. The molecule has 3 nitrogen and oxygen atoms in total. The van der Waals surface area contributed by atoms with Gasteiger partial charge in [-0.1, -0.05) is 5.16 Å².